The molecule has 0 amide bonds. The molecule has 4 nitrogen and oxygen atoms in total. The van der Waals surface area contributed by atoms with Crippen LogP contribution in [0.2, 0.25) is 0 Å². The number of allylic oxidation sites excluding steroid dienone is 1. The Hall–Kier alpha value is -1.62. The predicted molar refractivity (Wildman–Crippen MR) is 80.5 cm³/mol. The van der Waals surface area contributed by atoms with Crippen molar-refractivity contribution in [2.45, 2.75) is 39.5 Å². The molecule has 1 heterocycles. The third-order valence-electron chi connectivity index (χ3n) is 3.42. The minimum absolute atomic E-state index is 0.0238. The highest BCUT2D eigenvalue weighted by Gasteiger charge is 2.24. The highest BCUT2D eigenvalue weighted by Crippen LogP contribution is 2.38. The van der Waals surface area contributed by atoms with Crippen LogP contribution in [0.3, 0.4) is 0 Å². The lowest BCUT2D eigenvalue weighted by Crippen LogP contribution is -2.07. The molecule has 1 aromatic heterocycles. The summed E-state index contributed by atoms with van der Waals surface area (Å²) in [5.74, 6) is -0.922. The summed E-state index contributed by atoms with van der Waals surface area (Å²) in [6, 6.07) is 0. The highest BCUT2D eigenvalue weighted by molar-refractivity contribution is 7.16. The number of hydrogen-bond donors (Lipinski definition) is 2. The molecule has 0 saturated heterocycles. The summed E-state index contributed by atoms with van der Waals surface area (Å²) in [7, 11) is 0. The number of anilines is 1. The van der Waals surface area contributed by atoms with Crippen molar-refractivity contribution < 1.29 is 14.7 Å². The maximum atomic E-state index is 11.5. The van der Waals surface area contributed by atoms with Gasteiger partial charge in [0.05, 0.1) is 5.56 Å². The molecule has 5 heteroatoms. The second-order valence-electron chi connectivity index (χ2n) is 5.25. The second-order valence-corrected chi connectivity index (χ2v) is 6.36. The molecule has 0 aliphatic heterocycles. The Balaban J connectivity index is 2.21. The number of aryl methyl sites for hydroxylation is 1. The van der Waals surface area contributed by atoms with Crippen LogP contribution in [-0.2, 0) is 17.6 Å². The summed E-state index contributed by atoms with van der Waals surface area (Å²) in [4.78, 5) is 24.1. The standard InChI is InChI=1S/C15H19NO3S/c1-9(2)11(17)7-8-16-14-13(15(18)19)10-5-3-4-6-12(10)20-14/h7-9,16H,3-6H2,1-2H3,(H,18,19)/b8-7+. The van der Waals surface area contributed by atoms with Gasteiger partial charge in [-0.15, -0.1) is 11.3 Å². The van der Waals surface area contributed by atoms with Gasteiger partial charge in [0.25, 0.3) is 0 Å². The molecule has 0 fully saturated rings. The van der Waals surface area contributed by atoms with Crippen LogP contribution in [0, 0.1) is 5.92 Å². The van der Waals surface area contributed by atoms with Crippen molar-refractivity contribution in [3.63, 3.8) is 0 Å². The number of hydrogen-bond acceptors (Lipinski definition) is 4. The Morgan fingerprint density at radius 1 is 1.30 bits per heavy atom. The van der Waals surface area contributed by atoms with Crippen LogP contribution >= 0.6 is 11.3 Å². The van der Waals surface area contributed by atoms with E-state index in [0.717, 1.165) is 31.2 Å². The predicted octanol–water partition coefficient (Wildman–Crippen LogP) is 3.48. The van der Waals surface area contributed by atoms with Gasteiger partial charge in [-0.1, -0.05) is 13.8 Å². The summed E-state index contributed by atoms with van der Waals surface area (Å²) in [5, 5.41) is 13.0. The molecule has 2 N–H and O–H groups in total. The quantitative estimate of drug-likeness (QED) is 0.816. The van der Waals surface area contributed by atoms with Gasteiger partial charge < -0.3 is 10.4 Å². The van der Waals surface area contributed by atoms with Crippen molar-refractivity contribution in [2.24, 2.45) is 5.92 Å². The average Bonchev–Trinajstić information content (AvgIpc) is 2.76. The topological polar surface area (TPSA) is 66.4 Å². The summed E-state index contributed by atoms with van der Waals surface area (Å²) >= 11 is 1.50. The van der Waals surface area contributed by atoms with Gasteiger partial charge in [-0.3, -0.25) is 4.79 Å². The Morgan fingerprint density at radius 3 is 2.65 bits per heavy atom. The number of nitrogens with one attached hydrogen (secondary N) is 1. The second kappa shape index (κ2) is 6.22. The Kier molecular flexibility index (Phi) is 4.60. The van der Waals surface area contributed by atoms with Crippen LogP contribution in [0.5, 0.6) is 0 Å². The molecule has 1 aliphatic carbocycles. The van der Waals surface area contributed by atoms with E-state index in [1.54, 1.807) is 6.20 Å². The number of fused-ring (bicyclic) bond motifs is 1. The van der Waals surface area contributed by atoms with Gasteiger partial charge in [0.1, 0.15) is 5.00 Å². The zero-order chi connectivity index (χ0) is 14.7. The lowest BCUT2D eigenvalue weighted by atomic mass is 9.95. The molecule has 0 radical (unpaired) electrons. The van der Waals surface area contributed by atoms with E-state index >= 15 is 0 Å². The summed E-state index contributed by atoms with van der Waals surface area (Å²) in [6.07, 6.45) is 6.97. The lowest BCUT2D eigenvalue weighted by Gasteiger charge is -2.10. The third kappa shape index (κ3) is 3.10. The molecule has 20 heavy (non-hydrogen) atoms. The minimum Gasteiger partial charge on any atom is -0.478 e. The van der Waals surface area contributed by atoms with Crippen molar-refractivity contribution in [1.29, 1.82) is 0 Å². The molecular formula is C15H19NO3S. The number of rotatable bonds is 5. The molecule has 0 aromatic carbocycles. The van der Waals surface area contributed by atoms with Gasteiger partial charge in [0.15, 0.2) is 5.78 Å². The highest BCUT2D eigenvalue weighted by atomic mass is 32.1. The van der Waals surface area contributed by atoms with Crippen LogP contribution < -0.4 is 5.32 Å². The summed E-state index contributed by atoms with van der Waals surface area (Å²) < 4.78 is 0. The molecule has 0 saturated carbocycles. The molecule has 1 aliphatic rings. The SMILES string of the molecule is CC(C)C(=O)/C=C/Nc1sc2c(c1C(=O)O)CCCC2. The van der Waals surface area contributed by atoms with Crippen LogP contribution in [0.15, 0.2) is 12.3 Å². The molecule has 0 atom stereocenters. The van der Waals surface area contributed by atoms with E-state index in [-0.39, 0.29) is 11.7 Å². The molecule has 1 aromatic rings. The number of carboxylic acid groups (broad SMARTS) is 1. The monoisotopic (exact) mass is 293 g/mol. The molecule has 0 bridgehead atoms. The first-order valence-electron chi connectivity index (χ1n) is 6.85. The molecule has 0 spiro atoms. The largest absolute Gasteiger partial charge is 0.478 e. The van der Waals surface area contributed by atoms with E-state index in [1.807, 2.05) is 13.8 Å². The number of carboxylic acids is 1. The van der Waals surface area contributed by atoms with E-state index in [2.05, 4.69) is 5.32 Å². The normalized spacial score (nSPS) is 14.6. The fraction of sp³-hybridized carbons (Fsp3) is 0.467. The number of thiophene rings is 1. The Labute approximate surface area is 122 Å². The zero-order valence-corrected chi connectivity index (χ0v) is 12.5. The van der Waals surface area contributed by atoms with E-state index < -0.39 is 5.97 Å². The molecule has 108 valence electrons. The number of carbonyl (C=O) groups is 2. The Bertz CT molecular complexity index is 558. The van der Waals surface area contributed by atoms with Gasteiger partial charge in [-0.25, -0.2) is 4.79 Å². The van der Waals surface area contributed by atoms with Gasteiger partial charge in [-0.2, -0.15) is 0 Å². The Morgan fingerprint density at radius 2 is 2.00 bits per heavy atom. The van der Waals surface area contributed by atoms with Crippen LogP contribution in [0.1, 0.15) is 47.5 Å². The van der Waals surface area contributed by atoms with Crippen LogP contribution in [-0.4, -0.2) is 16.9 Å². The van der Waals surface area contributed by atoms with Gasteiger partial charge in [0, 0.05) is 17.0 Å². The van der Waals surface area contributed by atoms with Crippen LogP contribution in [0.25, 0.3) is 0 Å². The molecule has 0 unspecified atom stereocenters. The van der Waals surface area contributed by atoms with Crippen molar-refractivity contribution in [1.82, 2.24) is 0 Å². The van der Waals surface area contributed by atoms with Crippen molar-refractivity contribution in [3.8, 4) is 0 Å². The molecular weight excluding hydrogens is 274 g/mol. The smallest absolute Gasteiger partial charge is 0.339 e. The maximum absolute atomic E-state index is 11.5. The lowest BCUT2D eigenvalue weighted by molar-refractivity contribution is -0.117. The van der Waals surface area contributed by atoms with Crippen molar-refractivity contribution in [2.75, 3.05) is 5.32 Å². The number of ketones is 1. The fourth-order valence-corrected chi connectivity index (χ4v) is 3.55. The minimum atomic E-state index is -0.893. The van der Waals surface area contributed by atoms with Gasteiger partial charge in [0.2, 0.25) is 0 Å². The van der Waals surface area contributed by atoms with Gasteiger partial charge in [-0.05, 0) is 37.3 Å². The first kappa shape index (κ1) is 14.8. The molecule has 2 rings (SSSR count). The van der Waals surface area contributed by atoms with E-state index in [1.165, 1.54) is 22.3 Å². The van der Waals surface area contributed by atoms with E-state index in [9.17, 15) is 14.7 Å². The maximum Gasteiger partial charge on any atom is 0.339 e. The first-order chi connectivity index (χ1) is 9.50. The van der Waals surface area contributed by atoms with E-state index in [0.29, 0.717) is 10.6 Å². The number of aromatic carboxylic acids is 1. The van der Waals surface area contributed by atoms with Crippen molar-refractivity contribution in [3.05, 3.63) is 28.3 Å². The van der Waals surface area contributed by atoms with Crippen molar-refractivity contribution >= 4 is 28.1 Å². The van der Waals surface area contributed by atoms with Gasteiger partial charge >= 0.3 is 5.97 Å². The fourth-order valence-electron chi connectivity index (χ4n) is 2.29. The first-order valence-corrected chi connectivity index (χ1v) is 7.67. The summed E-state index contributed by atoms with van der Waals surface area (Å²) in [6.45, 7) is 3.67. The van der Waals surface area contributed by atoms with E-state index in [4.69, 9.17) is 0 Å². The zero-order valence-electron chi connectivity index (χ0n) is 11.7. The number of carbonyl (C=O) groups excluding carboxylic acids is 1. The average molecular weight is 293 g/mol. The third-order valence-corrected chi connectivity index (χ3v) is 4.64. The van der Waals surface area contributed by atoms with Crippen LogP contribution in [0.4, 0.5) is 5.00 Å². The summed E-state index contributed by atoms with van der Waals surface area (Å²) in [5.41, 5.74) is 1.35.